The van der Waals surface area contributed by atoms with Crippen molar-refractivity contribution in [3.05, 3.63) is 58.1 Å². The van der Waals surface area contributed by atoms with Crippen molar-refractivity contribution in [2.75, 3.05) is 23.8 Å². The molecule has 0 heterocycles. The summed E-state index contributed by atoms with van der Waals surface area (Å²) in [7, 11) is 0. The molecule has 0 spiro atoms. The Hall–Kier alpha value is -3.10. The third-order valence-electron chi connectivity index (χ3n) is 4.03. The minimum absolute atomic E-state index is 0.0274. The summed E-state index contributed by atoms with van der Waals surface area (Å²) in [4.78, 5) is 47.3. The molecule has 10 heteroatoms. The molecule has 0 fully saturated rings. The van der Waals surface area contributed by atoms with E-state index >= 15 is 0 Å². The molecule has 2 N–H and O–H groups in total. The number of ether oxygens (including phenoxy) is 2. The summed E-state index contributed by atoms with van der Waals surface area (Å²) >= 11 is 11.8. The highest BCUT2D eigenvalue weighted by atomic mass is 35.5. The maximum atomic E-state index is 12.0. The van der Waals surface area contributed by atoms with Crippen LogP contribution >= 0.6 is 23.2 Å². The molecule has 0 unspecified atom stereocenters. The number of amides is 2. The van der Waals surface area contributed by atoms with E-state index in [0.29, 0.717) is 27.0 Å². The van der Waals surface area contributed by atoms with Gasteiger partial charge < -0.3 is 20.1 Å². The Labute approximate surface area is 195 Å². The van der Waals surface area contributed by atoms with Crippen LogP contribution in [0.5, 0.6) is 0 Å². The molecule has 0 atom stereocenters. The zero-order valence-electron chi connectivity index (χ0n) is 17.3. The second-order valence-electron chi connectivity index (χ2n) is 6.53. The van der Waals surface area contributed by atoms with Crippen LogP contribution < -0.4 is 10.6 Å². The van der Waals surface area contributed by atoms with Crippen LogP contribution in [0.4, 0.5) is 11.4 Å². The molecule has 0 saturated heterocycles. The molecule has 0 saturated carbocycles. The van der Waals surface area contributed by atoms with Crippen LogP contribution in [-0.4, -0.2) is 37.0 Å². The van der Waals surface area contributed by atoms with Gasteiger partial charge in [0.15, 0.2) is 6.61 Å². The van der Waals surface area contributed by atoms with Gasteiger partial charge in [0.05, 0.1) is 22.9 Å². The number of hydrogen-bond acceptors (Lipinski definition) is 6. The van der Waals surface area contributed by atoms with Gasteiger partial charge in [-0.25, -0.2) is 4.79 Å². The van der Waals surface area contributed by atoms with Crippen LogP contribution in [-0.2, 0) is 23.9 Å². The molecule has 0 aromatic heterocycles. The Balaban J connectivity index is 1.66. The molecule has 0 aliphatic carbocycles. The zero-order valence-corrected chi connectivity index (χ0v) is 18.8. The van der Waals surface area contributed by atoms with Crippen LogP contribution in [0, 0.1) is 0 Å². The molecule has 2 aromatic carbocycles. The third-order valence-corrected chi connectivity index (χ3v) is 4.60. The highest BCUT2D eigenvalue weighted by Crippen LogP contribution is 2.25. The van der Waals surface area contributed by atoms with E-state index in [2.05, 4.69) is 10.6 Å². The van der Waals surface area contributed by atoms with E-state index in [9.17, 15) is 19.2 Å². The van der Waals surface area contributed by atoms with Crippen molar-refractivity contribution in [3.63, 3.8) is 0 Å². The Bertz CT molecular complexity index is 979. The Morgan fingerprint density at radius 2 is 1.59 bits per heavy atom. The normalized spacial score (nSPS) is 10.2. The minimum atomic E-state index is -0.607. The summed E-state index contributed by atoms with van der Waals surface area (Å²) in [6.45, 7) is 1.51. The molecule has 0 aliphatic rings. The number of anilines is 2. The van der Waals surface area contributed by atoms with Crippen molar-refractivity contribution in [1.82, 2.24) is 0 Å². The van der Waals surface area contributed by atoms with Crippen molar-refractivity contribution in [2.24, 2.45) is 0 Å². The molecular formula is C22H22Cl2N2O6. The van der Waals surface area contributed by atoms with Gasteiger partial charge >= 0.3 is 11.9 Å². The molecular weight excluding hydrogens is 459 g/mol. The number of benzene rings is 2. The standard InChI is InChI=1S/C22H22Cl2N2O6/c1-2-31-22(30)14-6-9-16(10-7-14)25-19(27)4-3-5-21(29)32-13-20(28)26-18-12-15(23)8-11-17(18)24/h6-12H,2-5,13H2,1H3,(H,25,27)(H,26,28). The monoisotopic (exact) mass is 480 g/mol. The number of carbonyl (C=O) groups excluding carboxylic acids is 4. The fourth-order valence-electron chi connectivity index (χ4n) is 2.52. The minimum Gasteiger partial charge on any atom is -0.462 e. The van der Waals surface area contributed by atoms with E-state index in [1.54, 1.807) is 37.3 Å². The molecule has 0 radical (unpaired) electrons. The Kier molecular flexibility index (Phi) is 9.97. The number of hydrogen-bond donors (Lipinski definition) is 2. The van der Waals surface area contributed by atoms with Gasteiger partial charge in [-0.3, -0.25) is 14.4 Å². The predicted molar refractivity (Wildman–Crippen MR) is 121 cm³/mol. The van der Waals surface area contributed by atoms with Gasteiger partial charge in [0.2, 0.25) is 5.91 Å². The summed E-state index contributed by atoms with van der Waals surface area (Å²) in [5.41, 5.74) is 1.21. The highest BCUT2D eigenvalue weighted by Gasteiger charge is 2.12. The fraction of sp³-hybridized carbons (Fsp3) is 0.273. The lowest BCUT2D eigenvalue weighted by molar-refractivity contribution is -0.147. The van der Waals surface area contributed by atoms with Crippen LogP contribution in [0.15, 0.2) is 42.5 Å². The van der Waals surface area contributed by atoms with E-state index in [0.717, 1.165) is 0 Å². The first-order chi connectivity index (χ1) is 15.3. The van der Waals surface area contributed by atoms with Crippen LogP contribution in [0.1, 0.15) is 36.5 Å². The number of carbonyl (C=O) groups is 4. The predicted octanol–water partition coefficient (Wildman–Crippen LogP) is 4.46. The maximum Gasteiger partial charge on any atom is 0.338 e. The molecule has 32 heavy (non-hydrogen) atoms. The number of esters is 2. The van der Waals surface area contributed by atoms with Gasteiger partial charge in [-0.2, -0.15) is 0 Å². The van der Waals surface area contributed by atoms with Gasteiger partial charge in [-0.15, -0.1) is 0 Å². The molecule has 2 aromatic rings. The van der Waals surface area contributed by atoms with Crippen LogP contribution in [0.2, 0.25) is 10.0 Å². The lowest BCUT2D eigenvalue weighted by Crippen LogP contribution is -2.21. The van der Waals surface area contributed by atoms with Gasteiger partial charge in [-0.1, -0.05) is 23.2 Å². The van der Waals surface area contributed by atoms with Gasteiger partial charge in [0, 0.05) is 23.6 Å². The molecule has 2 amide bonds. The molecule has 0 aliphatic heterocycles. The summed E-state index contributed by atoms with van der Waals surface area (Å²) in [5.74, 6) is -1.90. The van der Waals surface area contributed by atoms with Gasteiger partial charge in [0.1, 0.15) is 0 Å². The van der Waals surface area contributed by atoms with E-state index in [1.807, 2.05) is 0 Å². The number of halogens is 2. The van der Waals surface area contributed by atoms with Crippen LogP contribution in [0.25, 0.3) is 0 Å². The SMILES string of the molecule is CCOC(=O)c1ccc(NC(=O)CCCC(=O)OCC(=O)Nc2cc(Cl)ccc2Cl)cc1. The number of rotatable bonds is 10. The average Bonchev–Trinajstić information content (AvgIpc) is 2.75. The zero-order chi connectivity index (χ0) is 23.5. The first-order valence-corrected chi connectivity index (χ1v) is 10.5. The second-order valence-corrected chi connectivity index (χ2v) is 7.38. The van der Waals surface area contributed by atoms with Crippen molar-refractivity contribution >= 4 is 58.3 Å². The molecule has 0 bridgehead atoms. The van der Waals surface area contributed by atoms with E-state index < -0.39 is 24.5 Å². The third kappa shape index (κ3) is 8.56. The summed E-state index contributed by atoms with van der Waals surface area (Å²) < 4.78 is 9.79. The lowest BCUT2D eigenvalue weighted by Gasteiger charge is -2.09. The van der Waals surface area contributed by atoms with E-state index in [-0.39, 0.29) is 31.8 Å². The topological polar surface area (TPSA) is 111 Å². The summed E-state index contributed by atoms with van der Waals surface area (Å²) in [5, 5.41) is 5.87. The summed E-state index contributed by atoms with van der Waals surface area (Å²) in [6.07, 6.45) is 0.298. The highest BCUT2D eigenvalue weighted by molar-refractivity contribution is 6.35. The molecule has 8 nitrogen and oxygen atoms in total. The summed E-state index contributed by atoms with van der Waals surface area (Å²) in [6, 6.07) is 10.9. The first kappa shape index (κ1) is 25.2. The fourth-order valence-corrected chi connectivity index (χ4v) is 2.86. The largest absolute Gasteiger partial charge is 0.462 e. The Morgan fingerprint density at radius 1 is 0.875 bits per heavy atom. The van der Waals surface area contributed by atoms with Gasteiger partial charge in [0.25, 0.3) is 5.91 Å². The number of nitrogens with one attached hydrogen (secondary N) is 2. The van der Waals surface area contributed by atoms with E-state index in [4.69, 9.17) is 32.7 Å². The van der Waals surface area contributed by atoms with Crippen molar-refractivity contribution in [3.8, 4) is 0 Å². The first-order valence-electron chi connectivity index (χ1n) is 9.76. The van der Waals surface area contributed by atoms with Crippen molar-refractivity contribution < 1.29 is 28.7 Å². The molecule has 170 valence electrons. The van der Waals surface area contributed by atoms with Gasteiger partial charge in [-0.05, 0) is 55.8 Å². The van der Waals surface area contributed by atoms with Crippen molar-refractivity contribution in [2.45, 2.75) is 26.2 Å². The Morgan fingerprint density at radius 3 is 2.28 bits per heavy atom. The quantitative estimate of drug-likeness (QED) is 0.485. The molecule has 2 rings (SSSR count). The maximum absolute atomic E-state index is 12.0. The van der Waals surface area contributed by atoms with Crippen LogP contribution in [0.3, 0.4) is 0 Å². The lowest BCUT2D eigenvalue weighted by atomic mass is 10.2. The van der Waals surface area contributed by atoms with Crippen molar-refractivity contribution in [1.29, 1.82) is 0 Å². The second kappa shape index (κ2) is 12.7. The average molecular weight is 481 g/mol. The van der Waals surface area contributed by atoms with E-state index in [1.165, 1.54) is 12.1 Å². The smallest absolute Gasteiger partial charge is 0.338 e.